The Hall–Kier alpha value is -2.21. The molecular formula is C16H19ClN2O4. The minimum Gasteiger partial charge on any atom is -0.497 e. The second-order valence-electron chi connectivity index (χ2n) is 4.67. The highest BCUT2D eigenvalue weighted by Crippen LogP contribution is 2.20. The largest absolute Gasteiger partial charge is 0.497 e. The van der Waals surface area contributed by atoms with E-state index in [9.17, 15) is 4.79 Å². The fourth-order valence-electron chi connectivity index (χ4n) is 1.90. The molecule has 1 aromatic carbocycles. The summed E-state index contributed by atoms with van der Waals surface area (Å²) in [5, 5.41) is 4.02. The Bertz CT molecular complexity index is 703. The fraction of sp³-hybridized carbons (Fsp3) is 0.375. The van der Waals surface area contributed by atoms with Crippen LogP contribution >= 0.6 is 11.6 Å². The van der Waals surface area contributed by atoms with Crippen LogP contribution in [0.4, 0.5) is 0 Å². The highest BCUT2D eigenvalue weighted by atomic mass is 35.5. The van der Waals surface area contributed by atoms with E-state index in [1.54, 1.807) is 7.11 Å². The molecule has 0 radical (unpaired) electrons. The quantitative estimate of drug-likeness (QED) is 0.693. The van der Waals surface area contributed by atoms with Gasteiger partial charge in [-0.1, -0.05) is 17.7 Å². The summed E-state index contributed by atoms with van der Waals surface area (Å²) in [6.07, 6.45) is 2.10. The van der Waals surface area contributed by atoms with E-state index in [0.29, 0.717) is 31.9 Å². The van der Waals surface area contributed by atoms with Crippen molar-refractivity contribution in [1.29, 1.82) is 0 Å². The highest BCUT2D eigenvalue weighted by molar-refractivity contribution is 6.31. The highest BCUT2D eigenvalue weighted by Gasteiger charge is 2.09. The van der Waals surface area contributed by atoms with Crippen molar-refractivity contribution in [3.05, 3.63) is 45.8 Å². The first-order valence-electron chi connectivity index (χ1n) is 7.31. The lowest BCUT2D eigenvalue weighted by atomic mass is 10.3. The van der Waals surface area contributed by atoms with Crippen LogP contribution in [0.2, 0.25) is 5.02 Å². The number of benzene rings is 1. The molecule has 0 N–H and O–H groups in total. The Morgan fingerprint density at radius 3 is 2.70 bits per heavy atom. The van der Waals surface area contributed by atoms with Crippen molar-refractivity contribution in [2.24, 2.45) is 0 Å². The number of methoxy groups -OCH3 is 1. The maximum atomic E-state index is 11.8. The number of aryl methyl sites for hydroxylation is 1. The van der Waals surface area contributed by atoms with Crippen molar-refractivity contribution in [3.8, 4) is 17.2 Å². The third-order valence-electron chi connectivity index (χ3n) is 3.11. The molecule has 0 atom stereocenters. The van der Waals surface area contributed by atoms with E-state index in [2.05, 4.69) is 5.10 Å². The van der Waals surface area contributed by atoms with Crippen LogP contribution in [0.5, 0.6) is 17.2 Å². The smallest absolute Gasteiger partial charge is 0.289 e. The molecule has 0 bridgehead atoms. The number of halogens is 1. The van der Waals surface area contributed by atoms with Crippen LogP contribution in [0.3, 0.4) is 0 Å². The number of aromatic nitrogens is 2. The van der Waals surface area contributed by atoms with Gasteiger partial charge in [-0.15, -0.1) is 0 Å². The molecule has 0 aliphatic rings. The molecule has 0 aliphatic carbocycles. The standard InChI is InChI=1S/C16H19ClN2O4/c1-3-19-16(20)15(17)14(11-18-19)23-9-5-8-22-13-7-4-6-12(10-13)21-2/h4,6-7,10-11H,3,5,8-9H2,1-2H3. The van der Waals surface area contributed by atoms with Gasteiger partial charge in [0.05, 0.1) is 26.5 Å². The Morgan fingerprint density at radius 1 is 1.22 bits per heavy atom. The maximum Gasteiger partial charge on any atom is 0.289 e. The molecular weight excluding hydrogens is 320 g/mol. The summed E-state index contributed by atoms with van der Waals surface area (Å²) in [5.74, 6) is 1.77. The van der Waals surface area contributed by atoms with Crippen LogP contribution in [-0.4, -0.2) is 30.1 Å². The molecule has 6 nitrogen and oxygen atoms in total. The average molecular weight is 339 g/mol. The predicted octanol–water partition coefficient (Wildman–Crippen LogP) is 2.77. The van der Waals surface area contributed by atoms with E-state index in [-0.39, 0.29) is 10.6 Å². The monoisotopic (exact) mass is 338 g/mol. The van der Waals surface area contributed by atoms with Crippen molar-refractivity contribution in [2.75, 3.05) is 20.3 Å². The molecule has 23 heavy (non-hydrogen) atoms. The van der Waals surface area contributed by atoms with E-state index in [0.717, 1.165) is 11.5 Å². The lowest BCUT2D eigenvalue weighted by molar-refractivity contribution is 0.245. The summed E-state index contributed by atoms with van der Waals surface area (Å²) in [6, 6.07) is 7.38. The zero-order valence-electron chi connectivity index (χ0n) is 13.1. The first kappa shape index (κ1) is 17.1. The van der Waals surface area contributed by atoms with Gasteiger partial charge in [0.15, 0.2) is 10.8 Å². The van der Waals surface area contributed by atoms with Crippen LogP contribution in [0.25, 0.3) is 0 Å². The molecule has 1 aromatic heterocycles. The first-order chi connectivity index (χ1) is 11.2. The Balaban J connectivity index is 1.79. The zero-order valence-corrected chi connectivity index (χ0v) is 13.9. The SMILES string of the molecule is CCn1ncc(OCCCOc2cccc(OC)c2)c(Cl)c1=O. The second-order valence-corrected chi connectivity index (χ2v) is 5.05. The van der Waals surface area contributed by atoms with Gasteiger partial charge in [0.2, 0.25) is 0 Å². The number of nitrogens with zero attached hydrogens (tertiary/aromatic N) is 2. The van der Waals surface area contributed by atoms with Gasteiger partial charge in [0, 0.05) is 19.0 Å². The topological polar surface area (TPSA) is 62.6 Å². The minimum atomic E-state index is -0.348. The van der Waals surface area contributed by atoms with Gasteiger partial charge in [-0.25, -0.2) is 4.68 Å². The van der Waals surface area contributed by atoms with Crippen LogP contribution in [-0.2, 0) is 6.54 Å². The third kappa shape index (κ3) is 4.63. The number of rotatable bonds is 8. The van der Waals surface area contributed by atoms with Crippen molar-refractivity contribution < 1.29 is 14.2 Å². The Morgan fingerprint density at radius 2 is 1.96 bits per heavy atom. The third-order valence-corrected chi connectivity index (χ3v) is 3.46. The molecule has 2 rings (SSSR count). The van der Waals surface area contributed by atoms with Gasteiger partial charge in [-0.3, -0.25) is 4.79 Å². The first-order valence-corrected chi connectivity index (χ1v) is 7.68. The van der Waals surface area contributed by atoms with Crippen molar-refractivity contribution >= 4 is 11.6 Å². The summed E-state index contributed by atoms with van der Waals surface area (Å²) < 4.78 is 17.5. The molecule has 0 saturated carbocycles. The van der Waals surface area contributed by atoms with E-state index in [1.165, 1.54) is 10.9 Å². The van der Waals surface area contributed by atoms with Crippen LogP contribution in [0.1, 0.15) is 13.3 Å². The van der Waals surface area contributed by atoms with E-state index >= 15 is 0 Å². The lowest BCUT2D eigenvalue weighted by Crippen LogP contribution is -2.22. The number of hydrogen-bond acceptors (Lipinski definition) is 5. The van der Waals surface area contributed by atoms with E-state index in [4.69, 9.17) is 25.8 Å². The molecule has 0 saturated heterocycles. The number of hydrogen-bond donors (Lipinski definition) is 0. The molecule has 1 heterocycles. The normalized spacial score (nSPS) is 10.4. The van der Waals surface area contributed by atoms with Crippen molar-refractivity contribution in [3.63, 3.8) is 0 Å². The summed E-state index contributed by atoms with van der Waals surface area (Å²) in [4.78, 5) is 11.8. The maximum absolute atomic E-state index is 11.8. The Labute approximate surface area is 139 Å². The zero-order chi connectivity index (χ0) is 16.7. The molecule has 0 spiro atoms. The average Bonchev–Trinajstić information content (AvgIpc) is 2.58. The van der Waals surface area contributed by atoms with Gasteiger partial charge in [0.25, 0.3) is 5.56 Å². The van der Waals surface area contributed by atoms with Gasteiger partial charge in [-0.2, -0.15) is 5.10 Å². The van der Waals surface area contributed by atoms with Crippen molar-refractivity contribution in [2.45, 2.75) is 19.9 Å². The molecule has 0 fully saturated rings. The Kier molecular flexibility index (Phi) is 6.29. The van der Waals surface area contributed by atoms with Crippen LogP contribution in [0.15, 0.2) is 35.3 Å². The van der Waals surface area contributed by atoms with Crippen molar-refractivity contribution in [1.82, 2.24) is 9.78 Å². The predicted molar refractivity (Wildman–Crippen MR) is 87.8 cm³/mol. The summed E-state index contributed by atoms with van der Waals surface area (Å²) in [5.41, 5.74) is -0.348. The molecule has 0 aliphatic heterocycles. The fourth-order valence-corrected chi connectivity index (χ4v) is 2.10. The van der Waals surface area contributed by atoms with Crippen LogP contribution < -0.4 is 19.8 Å². The number of ether oxygens (including phenoxy) is 3. The molecule has 0 unspecified atom stereocenters. The lowest BCUT2D eigenvalue weighted by Gasteiger charge is -2.10. The molecule has 2 aromatic rings. The second kappa shape index (κ2) is 8.43. The summed E-state index contributed by atoms with van der Waals surface area (Å²) >= 11 is 5.98. The van der Waals surface area contributed by atoms with Gasteiger partial charge in [0.1, 0.15) is 11.5 Å². The molecule has 124 valence electrons. The van der Waals surface area contributed by atoms with Gasteiger partial charge < -0.3 is 14.2 Å². The van der Waals surface area contributed by atoms with Gasteiger partial charge >= 0.3 is 0 Å². The summed E-state index contributed by atoms with van der Waals surface area (Å²) in [6.45, 7) is 3.14. The van der Waals surface area contributed by atoms with E-state index in [1.807, 2.05) is 31.2 Å². The molecule has 7 heteroatoms. The van der Waals surface area contributed by atoms with Crippen LogP contribution in [0, 0.1) is 0 Å². The van der Waals surface area contributed by atoms with Gasteiger partial charge in [-0.05, 0) is 19.1 Å². The van der Waals surface area contributed by atoms with E-state index < -0.39 is 0 Å². The minimum absolute atomic E-state index is 0.0514. The summed E-state index contributed by atoms with van der Waals surface area (Å²) in [7, 11) is 1.61. The molecule has 0 amide bonds.